The molecule has 78 valence electrons. The van der Waals surface area contributed by atoms with Gasteiger partial charge in [-0.05, 0) is 50.6 Å². The molecule has 0 saturated heterocycles. The fourth-order valence-corrected chi connectivity index (χ4v) is 1.94. The van der Waals surface area contributed by atoms with Gasteiger partial charge in [0.2, 0.25) is 0 Å². The van der Waals surface area contributed by atoms with Gasteiger partial charge in [0, 0.05) is 6.04 Å². The molecule has 0 radical (unpaired) electrons. The van der Waals surface area contributed by atoms with E-state index in [1.54, 1.807) is 0 Å². The van der Waals surface area contributed by atoms with Gasteiger partial charge in [-0.25, -0.2) is 0 Å². The summed E-state index contributed by atoms with van der Waals surface area (Å²) in [5, 5.41) is 3.59. The van der Waals surface area contributed by atoms with Crippen LogP contribution >= 0.6 is 0 Å². The normalized spacial score (nSPS) is 29.8. The molecule has 0 aromatic heterocycles. The van der Waals surface area contributed by atoms with Crippen molar-refractivity contribution in [2.24, 2.45) is 17.6 Å². The molecule has 13 heavy (non-hydrogen) atoms. The summed E-state index contributed by atoms with van der Waals surface area (Å²) in [6.07, 6.45) is 5.31. The van der Waals surface area contributed by atoms with Crippen LogP contribution in [0.4, 0.5) is 0 Å². The van der Waals surface area contributed by atoms with Gasteiger partial charge in [0.1, 0.15) is 0 Å². The van der Waals surface area contributed by atoms with Gasteiger partial charge in [0.05, 0.1) is 0 Å². The largest absolute Gasteiger partial charge is 0.330 e. The van der Waals surface area contributed by atoms with Crippen molar-refractivity contribution in [2.75, 3.05) is 13.1 Å². The molecule has 0 heterocycles. The lowest BCUT2D eigenvalue weighted by Crippen LogP contribution is -2.40. The predicted molar refractivity (Wildman–Crippen MR) is 57.6 cm³/mol. The Morgan fingerprint density at radius 2 is 2.15 bits per heavy atom. The summed E-state index contributed by atoms with van der Waals surface area (Å²) < 4.78 is 0. The molecule has 1 aliphatic carbocycles. The highest BCUT2D eigenvalue weighted by molar-refractivity contribution is 4.81. The molecule has 0 spiro atoms. The van der Waals surface area contributed by atoms with E-state index in [1.807, 2.05) is 0 Å². The Balaban J connectivity index is 1.84. The van der Waals surface area contributed by atoms with Gasteiger partial charge in [-0.1, -0.05) is 13.8 Å². The van der Waals surface area contributed by atoms with Crippen LogP contribution in [0.3, 0.4) is 0 Å². The first-order chi connectivity index (χ1) is 6.22. The summed E-state index contributed by atoms with van der Waals surface area (Å²) in [5.74, 6) is 1.66. The van der Waals surface area contributed by atoms with Gasteiger partial charge in [0.25, 0.3) is 0 Å². The van der Waals surface area contributed by atoms with E-state index >= 15 is 0 Å². The lowest BCUT2D eigenvalue weighted by molar-refractivity contribution is 0.240. The maximum absolute atomic E-state index is 5.55. The van der Waals surface area contributed by atoms with E-state index in [2.05, 4.69) is 19.2 Å². The van der Waals surface area contributed by atoms with Crippen molar-refractivity contribution in [1.82, 2.24) is 5.32 Å². The summed E-state index contributed by atoms with van der Waals surface area (Å²) in [6.45, 7) is 6.57. The van der Waals surface area contributed by atoms with Crippen LogP contribution in [0.1, 0.15) is 39.5 Å². The maximum atomic E-state index is 5.55. The molecule has 0 aromatic rings. The first-order valence-corrected chi connectivity index (χ1v) is 5.65. The summed E-state index contributed by atoms with van der Waals surface area (Å²) in [7, 11) is 0. The lowest BCUT2D eigenvalue weighted by Gasteiger charge is -2.33. The van der Waals surface area contributed by atoms with Crippen LogP contribution in [0, 0.1) is 11.8 Å². The fourth-order valence-electron chi connectivity index (χ4n) is 1.94. The first kappa shape index (κ1) is 11.0. The van der Waals surface area contributed by atoms with E-state index in [0.29, 0.717) is 5.92 Å². The molecule has 2 nitrogen and oxygen atoms in total. The summed E-state index contributed by atoms with van der Waals surface area (Å²) in [5.41, 5.74) is 5.55. The SMILES string of the molecule is CC(CN)CCCNC1CC(C)C1. The van der Waals surface area contributed by atoms with Crippen LogP contribution in [0.2, 0.25) is 0 Å². The third-order valence-corrected chi connectivity index (χ3v) is 3.08. The third kappa shape index (κ3) is 4.10. The van der Waals surface area contributed by atoms with Gasteiger partial charge in [-0.2, -0.15) is 0 Å². The molecular weight excluding hydrogens is 160 g/mol. The summed E-state index contributed by atoms with van der Waals surface area (Å²) in [6, 6.07) is 0.822. The minimum Gasteiger partial charge on any atom is -0.330 e. The highest BCUT2D eigenvalue weighted by Gasteiger charge is 2.23. The summed E-state index contributed by atoms with van der Waals surface area (Å²) >= 11 is 0. The zero-order valence-electron chi connectivity index (χ0n) is 9.05. The Labute approximate surface area is 82.3 Å². The first-order valence-electron chi connectivity index (χ1n) is 5.65. The van der Waals surface area contributed by atoms with Crippen molar-refractivity contribution in [3.05, 3.63) is 0 Å². The van der Waals surface area contributed by atoms with Gasteiger partial charge in [-0.15, -0.1) is 0 Å². The van der Waals surface area contributed by atoms with Crippen molar-refractivity contribution in [1.29, 1.82) is 0 Å². The lowest BCUT2D eigenvalue weighted by atomic mass is 9.82. The molecule has 1 rings (SSSR count). The van der Waals surface area contributed by atoms with Crippen molar-refractivity contribution >= 4 is 0 Å². The minimum absolute atomic E-state index is 0.696. The van der Waals surface area contributed by atoms with Gasteiger partial charge < -0.3 is 11.1 Å². The molecule has 1 saturated carbocycles. The second-order valence-corrected chi connectivity index (χ2v) is 4.71. The van der Waals surface area contributed by atoms with Crippen molar-refractivity contribution < 1.29 is 0 Å². The van der Waals surface area contributed by atoms with Crippen LogP contribution in [-0.2, 0) is 0 Å². The van der Waals surface area contributed by atoms with Crippen LogP contribution in [-0.4, -0.2) is 19.1 Å². The zero-order valence-corrected chi connectivity index (χ0v) is 9.05. The molecule has 3 N–H and O–H groups in total. The maximum Gasteiger partial charge on any atom is 0.00721 e. The molecule has 0 aliphatic heterocycles. The average molecular weight is 184 g/mol. The van der Waals surface area contributed by atoms with Crippen molar-refractivity contribution in [2.45, 2.75) is 45.6 Å². The predicted octanol–water partition coefficient (Wildman–Crippen LogP) is 1.75. The van der Waals surface area contributed by atoms with Gasteiger partial charge in [-0.3, -0.25) is 0 Å². The molecule has 1 unspecified atom stereocenters. The zero-order chi connectivity index (χ0) is 9.68. The third-order valence-electron chi connectivity index (χ3n) is 3.08. The quantitative estimate of drug-likeness (QED) is 0.617. The highest BCUT2D eigenvalue weighted by atomic mass is 14.9. The molecule has 1 fully saturated rings. The Hall–Kier alpha value is -0.0800. The minimum atomic E-state index is 0.696. The number of nitrogens with two attached hydrogens (primary N) is 1. The highest BCUT2D eigenvalue weighted by Crippen LogP contribution is 2.26. The monoisotopic (exact) mass is 184 g/mol. The Kier molecular flexibility index (Phi) is 4.74. The number of hydrogen-bond donors (Lipinski definition) is 2. The molecule has 0 bridgehead atoms. The Bertz CT molecular complexity index is 130. The number of rotatable bonds is 6. The Morgan fingerprint density at radius 3 is 2.69 bits per heavy atom. The second-order valence-electron chi connectivity index (χ2n) is 4.71. The van der Waals surface area contributed by atoms with Gasteiger partial charge in [0.15, 0.2) is 0 Å². The van der Waals surface area contributed by atoms with E-state index in [0.717, 1.165) is 18.5 Å². The van der Waals surface area contributed by atoms with Crippen molar-refractivity contribution in [3.8, 4) is 0 Å². The molecular formula is C11H24N2. The number of nitrogens with one attached hydrogen (secondary N) is 1. The van der Waals surface area contributed by atoms with E-state index in [1.165, 1.54) is 32.2 Å². The van der Waals surface area contributed by atoms with E-state index in [4.69, 9.17) is 5.73 Å². The van der Waals surface area contributed by atoms with Crippen LogP contribution in [0.25, 0.3) is 0 Å². The van der Waals surface area contributed by atoms with E-state index < -0.39 is 0 Å². The average Bonchev–Trinajstić information content (AvgIpc) is 2.08. The van der Waals surface area contributed by atoms with Crippen LogP contribution < -0.4 is 11.1 Å². The number of hydrogen-bond acceptors (Lipinski definition) is 2. The van der Waals surface area contributed by atoms with Crippen LogP contribution in [0.5, 0.6) is 0 Å². The molecule has 1 atom stereocenters. The van der Waals surface area contributed by atoms with Crippen molar-refractivity contribution in [3.63, 3.8) is 0 Å². The topological polar surface area (TPSA) is 38.0 Å². The van der Waals surface area contributed by atoms with E-state index in [9.17, 15) is 0 Å². The fraction of sp³-hybridized carbons (Fsp3) is 1.00. The molecule has 2 heteroatoms. The Morgan fingerprint density at radius 1 is 1.46 bits per heavy atom. The molecule has 0 amide bonds. The van der Waals surface area contributed by atoms with Gasteiger partial charge >= 0.3 is 0 Å². The summed E-state index contributed by atoms with van der Waals surface area (Å²) in [4.78, 5) is 0. The molecule has 0 aromatic carbocycles. The van der Waals surface area contributed by atoms with Crippen LogP contribution in [0.15, 0.2) is 0 Å². The second kappa shape index (κ2) is 5.61. The van der Waals surface area contributed by atoms with E-state index in [-0.39, 0.29) is 0 Å². The smallest absolute Gasteiger partial charge is 0.00721 e. The molecule has 1 aliphatic rings. The standard InChI is InChI=1S/C11H24N2/c1-9(8-12)4-3-5-13-11-6-10(2)7-11/h9-11,13H,3-8,12H2,1-2H3.